The van der Waals surface area contributed by atoms with Gasteiger partial charge in [-0.1, -0.05) is 48.5 Å². The van der Waals surface area contributed by atoms with Crippen molar-refractivity contribution in [3.05, 3.63) is 54.4 Å². The number of benzene rings is 3. The first kappa shape index (κ1) is 11.4. The maximum absolute atomic E-state index is 5.97. The second-order valence-corrected chi connectivity index (χ2v) is 5.23. The van der Waals surface area contributed by atoms with Crippen LogP contribution in [0.5, 0.6) is 0 Å². The minimum atomic E-state index is -0.0973. The first-order valence-electron chi connectivity index (χ1n) is 6.80. The first-order valence-corrected chi connectivity index (χ1v) is 6.80. The molecular formula is C17H15N3. The molecule has 0 saturated heterocycles. The monoisotopic (exact) mass is 261 g/mol. The summed E-state index contributed by atoms with van der Waals surface area (Å²) in [6.07, 6.45) is 0. The Kier molecular flexibility index (Phi) is 2.32. The van der Waals surface area contributed by atoms with E-state index in [1.165, 1.54) is 21.5 Å². The Bertz CT molecular complexity index is 862. The Balaban J connectivity index is 2.32. The van der Waals surface area contributed by atoms with E-state index in [4.69, 9.17) is 10.7 Å². The van der Waals surface area contributed by atoms with Crippen LogP contribution in [-0.2, 0) is 0 Å². The lowest BCUT2D eigenvalue weighted by atomic mass is 10.0. The fourth-order valence-corrected chi connectivity index (χ4v) is 2.86. The Morgan fingerprint density at radius 3 is 2.10 bits per heavy atom. The van der Waals surface area contributed by atoms with E-state index in [0.29, 0.717) is 0 Å². The average molecular weight is 261 g/mol. The number of nitrogens with zero attached hydrogens (tertiary/aromatic N) is 1. The van der Waals surface area contributed by atoms with Gasteiger partial charge in [-0.05, 0) is 17.7 Å². The van der Waals surface area contributed by atoms with Crippen molar-refractivity contribution in [3.8, 4) is 0 Å². The normalized spacial score (nSPS) is 13.3. The van der Waals surface area contributed by atoms with Crippen LogP contribution in [0.4, 0.5) is 0 Å². The highest BCUT2D eigenvalue weighted by atomic mass is 15.0. The quantitative estimate of drug-likeness (QED) is 0.511. The summed E-state index contributed by atoms with van der Waals surface area (Å²) in [6, 6.07) is 16.7. The molecule has 4 rings (SSSR count). The average Bonchev–Trinajstić information content (AvgIpc) is 2.93. The van der Waals surface area contributed by atoms with E-state index in [0.717, 1.165) is 16.9 Å². The largest absolute Gasteiger partial charge is 0.340 e. The Labute approximate surface area is 116 Å². The molecule has 1 unspecified atom stereocenters. The molecule has 3 aromatic carbocycles. The highest BCUT2D eigenvalue weighted by Gasteiger charge is 2.13. The van der Waals surface area contributed by atoms with Gasteiger partial charge >= 0.3 is 0 Å². The predicted molar refractivity (Wildman–Crippen MR) is 83.7 cm³/mol. The Hall–Kier alpha value is -2.39. The van der Waals surface area contributed by atoms with E-state index in [-0.39, 0.29) is 6.04 Å². The second-order valence-electron chi connectivity index (χ2n) is 5.23. The maximum atomic E-state index is 5.97. The summed E-state index contributed by atoms with van der Waals surface area (Å²) in [6.45, 7) is 1.95. The Morgan fingerprint density at radius 1 is 0.900 bits per heavy atom. The van der Waals surface area contributed by atoms with Gasteiger partial charge in [-0.3, -0.25) is 0 Å². The molecule has 1 heterocycles. The number of fused-ring (bicyclic) bond motifs is 6. The van der Waals surface area contributed by atoms with Gasteiger partial charge in [0, 0.05) is 10.8 Å². The summed E-state index contributed by atoms with van der Waals surface area (Å²) in [5.41, 5.74) is 8.05. The van der Waals surface area contributed by atoms with Crippen molar-refractivity contribution in [2.45, 2.75) is 13.0 Å². The molecule has 0 aliphatic carbocycles. The number of aromatic nitrogens is 2. The standard InChI is InChI=1S/C17H15N3/c1-10(18)17-19-15-13-8-4-2-6-11(13)12-7-3-5-9-14(12)16(15)20-17/h2-10H,18H2,1H3,(H,19,20). The number of aromatic amines is 1. The number of hydrogen-bond acceptors (Lipinski definition) is 2. The van der Waals surface area contributed by atoms with E-state index in [9.17, 15) is 0 Å². The fraction of sp³-hybridized carbons (Fsp3) is 0.118. The van der Waals surface area contributed by atoms with Gasteiger partial charge in [0.15, 0.2) is 0 Å². The van der Waals surface area contributed by atoms with Crippen molar-refractivity contribution in [1.82, 2.24) is 9.97 Å². The second kappa shape index (κ2) is 4.05. The smallest absolute Gasteiger partial charge is 0.123 e. The summed E-state index contributed by atoms with van der Waals surface area (Å²) < 4.78 is 0. The van der Waals surface area contributed by atoms with Crippen LogP contribution in [0.1, 0.15) is 18.8 Å². The molecule has 0 saturated carbocycles. The molecule has 3 N–H and O–H groups in total. The van der Waals surface area contributed by atoms with Crippen molar-refractivity contribution in [1.29, 1.82) is 0 Å². The predicted octanol–water partition coefficient (Wildman–Crippen LogP) is 3.89. The zero-order valence-electron chi connectivity index (χ0n) is 11.2. The molecule has 20 heavy (non-hydrogen) atoms. The van der Waals surface area contributed by atoms with Crippen molar-refractivity contribution < 1.29 is 0 Å². The van der Waals surface area contributed by atoms with Gasteiger partial charge in [0.25, 0.3) is 0 Å². The lowest BCUT2D eigenvalue weighted by Crippen LogP contribution is -2.06. The van der Waals surface area contributed by atoms with Crippen LogP contribution in [0.3, 0.4) is 0 Å². The molecular weight excluding hydrogens is 246 g/mol. The van der Waals surface area contributed by atoms with Gasteiger partial charge in [-0.2, -0.15) is 0 Å². The minimum absolute atomic E-state index is 0.0973. The summed E-state index contributed by atoms with van der Waals surface area (Å²) in [5.74, 6) is 0.835. The third kappa shape index (κ3) is 1.47. The number of H-pyrrole nitrogens is 1. The summed E-state index contributed by atoms with van der Waals surface area (Å²) in [4.78, 5) is 8.10. The van der Waals surface area contributed by atoms with Gasteiger partial charge in [-0.15, -0.1) is 0 Å². The molecule has 4 aromatic rings. The van der Waals surface area contributed by atoms with Gasteiger partial charge in [0.2, 0.25) is 0 Å². The van der Waals surface area contributed by atoms with Crippen LogP contribution in [0, 0.1) is 0 Å². The SMILES string of the molecule is CC(N)c1nc2c3ccccc3c3ccccc3c2[nH]1. The molecule has 98 valence electrons. The molecule has 0 fully saturated rings. The first-order chi connectivity index (χ1) is 9.75. The van der Waals surface area contributed by atoms with E-state index in [2.05, 4.69) is 53.5 Å². The number of rotatable bonds is 1. The summed E-state index contributed by atoms with van der Waals surface area (Å²) >= 11 is 0. The van der Waals surface area contributed by atoms with Crippen molar-refractivity contribution in [2.75, 3.05) is 0 Å². The maximum Gasteiger partial charge on any atom is 0.123 e. The zero-order chi connectivity index (χ0) is 13.7. The number of hydrogen-bond donors (Lipinski definition) is 2. The Morgan fingerprint density at radius 2 is 1.45 bits per heavy atom. The van der Waals surface area contributed by atoms with Gasteiger partial charge in [-0.25, -0.2) is 4.98 Å². The lowest BCUT2D eigenvalue weighted by Gasteiger charge is -2.05. The van der Waals surface area contributed by atoms with Crippen LogP contribution in [0.15, 0.2) is 48.5 Å². The molecule has 1 aromatic heterocycles. The molecule has 0 bridgehead atoms. The van der Waals surface area contributed by atoms with Crippen LogP contribution < -0.4 is 5.73 Å². The van der Waals surface area contributed by atoms with Crippen molar-refractivity contribution in [3.63, 3.8) is 0 Å². The molecule has 3 heteroatoms. The summed E-state index contributed by atoms with van der Waals surface area (Å²) in [7, 11) is 0. The molecule has 0 aliphatic heterocycles. The molecule has 0 radical (unpaired) electrons. The molecule has 3 nitrogen and oxygen atoms in total. The van der Waals surface area contributed by atoms with Gasteiger partial charge < -0.3 is 10.7 Å². The number of nitrogens with two attached hydrogens (primary N) is 1. The zero-order valence-corrected chi connectivity index (χ0v) is 11.2. The van der Waals surface area contributed by atoms with E-state index >= 15 is 0 Å². The third-order valence-electron chi connectivity index (χ3n) is 3.82. The topological polar surface area (TPSA) is 54.7 Å². The third-order valence-corrected chi connectivity index (χ3v) is 3.82. The number of imidazole rings is 1. The van der Waals surface area contributed by atoms with Crippen LogP contribution in [-0.4, -0.2) is 9.97 Å². The van der Waals surface area contributed by atoms with E-state index in [1.807, 2.05) is 6.92 Å². The van der Waals surface area contributed by atoms with Gasteiger partial charge in [0.1, 0.15) is 5.82 Å². The van der Waals surface area contributed by atoms with E-state index < -0.39 is 0 Å². The van der Waals surface area contributed by atoms with E-state index in [1.54, 1.807) is 0 Å². The van der Waals surface area contributed by atoms with Gasteiger partial charge in [0.05, 0.1) is 17.1 Å². The molecule has 0 aliphatic rings. The molecule has 1 atom stereocenters. The number of nitrogens with one attached hydrogen (secondary N) is 1. The highest BCUT2D eigenvalue weighted by Crippen LogP contribution is 2.33. The fourth-order valence-electron chi connectivity index (χ4n) is 2.86. The molecule has 0 amide bonds. The van der Waals surface area contributed by atoms with Crippen LogP contribution in [0.25, 0.3) is 32.6 Å². The minimum Gasteiger partial charge on any atom is -0.340 e. The highest BCUT2D eigenvalue weighted by molar-refractivity contribution is 6.23. The molecule has 0 spiro atoms. The van der Waals surface area contributed by atoms with Crippen molar-refractivity contribution in [2.24, 2.45) is 5.73 Å². The summed E-state index contributed by atoms with van der Waals surface area (Å²) in [5, 5.41) is 4.85. The van der Waals surface area contributed by atoms with Crippen LogP contribution in [0.2, 0.25) is 0 Å². The van der Waals surface area contributed by atoms with Crippen LogP contribution >= 0.6 is 0 Å². The van der Waals surface area contributed by atoms with Crippen molar-refractivity contribution >= 4 is 32.6 Å². The lowest BCUT2D eigenvalue weighted by molar-refractivity contribution is 0.760.